The summed E-state index contributed by atoms with van der Waals surface area (Å²) < 4.78 is 50.5. The van der Waals surface area contributed by atoms with Gasteiger partial charge < -0.3 is 44.9 Å². The monoisotopic (exact) mass is 1030 g/mol. The molecule has 16 nitrogen and oxygen atoms in total. The highest BCUT2D eigenvalue weighted by molar-refractivity contribution is 9.11. The van der Waals surface area contributed by atoms with Gasteiger partial charge >= 0.3 is 10.4 Å². The number of amides is 2. The maximum atomic E-state index is 13.0. The lowest BCUT2D eigenvalue weighted by Crippen LogP contribution is -2.36. The first-order valence-electron chi connectivity index (χ1n) is 15.4. The smallest absolute Gasteiger partial charge is 0.446 e. The van der Waals surface area contributed by atoms with Gasteiger partial charge in [0.1, 0.15) is 17.6 Å². The standard InChI is InChI=1S/C34H26Br4N4O12S/c35-20-9-16-2-4-26(20)52-27-12-17(1-3-25(27)43)6-8-40-34(46)29(42-48)30(44)19-14-22(37)31(23(38)15-19)53-28-13-18(10-21(36)32(28)54-55(49,50)51)11-24(41-47)33(45)39-7-5-16/h1-5,7,9-10,12-15,30,43-44,47-48H,6,8,11H2,(H,39,45)(H,40,46)(H,49,50,51). The Balaban J connectivity index is 1.56. The first-order valence-corrected chi connectivity index (χ1v) is 19.9. The number of aliphatic hydroxyl groups excluding tert-OH is 1. The lowest BCUT2D eigenvalue weighted by atomic mass is 10.0. The van der Waals surface area contributed by atoms with Gasteiger partial charge in [0.15, 0.2) is 28.7 Å². The Hall–Kier alpha value is -4.51. The van der Waals surface area contributed by atoms with Crippen LogP contribution in [0, 0.1) is 0 Å². The molecule has 4 heterocycles. The van der Waals surface area contributed by atoms with Crippen molar-refractivity contribution in [3.05, 3.63) is 107 Å². The summed E-state index contributed by atoms with van der Waals surface area (Å²) in [4.78, 5) is 26.1. The van der Waals surface area contributed by atoms with Crippen LogP contribution in [0.25, 0.3) is 6.08 Å². The Morgan fingerprint density at radius 2 is 1.51 bits per heavy atom. The first kappa shape index (κ1) is 41.6. The van der Waals surface area contributed by atoms with Crippen molar-refractivity contribution in [3.8, 4) is 34.5 Å². The molecular formula is C34H26Br4N4O12S. The Labute approximate surface area is 346 Å². The fraction of sp³-hybridized carbons (Fsp3) is 0.118. The highest BCUT2D eigenvalue weighted by Crippen LogP contribution is 2.45. The van der Waals surface area contributed by atoms with Crippen LogP contribution >= 0.6 is 63.7 Å². The summed E-state index contributed by atoms with van der Waals surface area (Å²) in [5.74, 6) is -2.19. The first-order chi connectivity index (χ1) is 26.1. The number of hydrogen-bond donors (Lipinski definition) is 7. The van der Waals surface area contributed by atoms with Gasteiger partial charge in [-0.05, 0) is 147 Å². The van der Waals surface area contributed by atoms with Crippen molar-refractivity contribution in [2.45, 2.75) is 18.9 Å². The Kier molecular flexibility index (Phi) is 13.6. The number of aliphatic hydroxyl groups is 1. The van der Waals surface area contributed by atoms with Gasteiger partial charge in [-0.3, -0.25) is 14.1 Å². The van der Waals surface area contributed by atoms with E-state index in [0.717, 1.165) is 0 Å². The molecule has 4 aromatic carbocycles. The van der Waals surface area contributed by atoms with E-state index in [0.29, 0.717) is 21.3 Å². The molecular weight excluding hydrogens is 1010 g/mol. The third kappa shape index (κ3) is 10.6. The minimum Gasteiger partial charge on any atom is -0.504 e. The molecule has 8 rings (SSSR count). The number of hydrogen-bond acceptors (Lipinski definition) is 13. The Bertz CT molecular complexity index is 2350. The summed E-state index contributed by atoms with van der Waals surface area (Å²) >= 11 is 13.3. The van der Waals surface area contributed by atoms with Crippen molar-refractivity contribution in [3.63, 3.8) is 0 Å². The van der Waals surface area contributed by atoms with Crippen LogP contribution < -0.4 is 24.3 Å². The van der Waals surface area contributed by atoms with E-state index in [9.17, 15) is 43.2 Å². The van der Waals surface area contributed by atoms with Crippen molar-refractivity contribution < 1.29 is 56.8 Å². The Morgan fingerprint density at radius 3 is 2.16 bits per heavy atom. The molecule has 55 heavy (non-hydrogen) atoms. The maximum Gasteiger partial charge on any atom is 0.446 e. The molecule has 0 aliphatic carbocycles. The number of rotatable bonds is 2. The average Bonchev–Trinajstić information content (AvgIpc) is 3.11. The van der Waals surface area contributed by atoms with E-state index in [1.165, 1.54) is 36.5 Å². The van der Waals surface area contributed by atoms with Crippen LogP contribution in [0.15, 0.2) is 95.1 Å². The second-order valence-electron chi connectivity index (χ2n) is 11.3. The molecule has 0 aromatic heterocycles. The summed E-state index contributed by atoms with van der Waals surface area (Å²) in [6.07, 6.45) is 1.05. The topological polar surface area (TPSA) is 246 Å². The summed E-state index contributed by atoms with van der Waals surface area (Å²) in [7, 11) is -5.08. The van der Waals surface area contributed by atoms with Crippen molar-refractivity contribution in [1.29, 1.82) is 0 Å². The van der Waals surface area contributed by atoms with Crippen LogP contribution in [-0.2, 0) is 32.8 Å². The highest BCUT2D eigenvalue weighted by Gasteiger charge is 2.27. The van der Waals surface area contributed by atoms with E-state index in [2.05, 4.69) is 84.7 Å². The molecule has 2 amide bonds. The zero-order chi connectivity index (χ0) is 40.0. The normalized spacial score (nSPS) is 17.2. The quantitative estimate of drug-likeness (QED) is 0.0616. The largest absolute Gasteiger partial charge is 0.504 e. The number of phenolic OH excluding ortho intramolecular Hbond substituents is 1. The fourth-order valence-corrected chi connectivity index (χ4v) is 7.91. The van der Waals surface area contributed by atoms with E-state index in [4.69, 9.17) is 13.7 Å². The van der Waals surface area contributed by atoms with Crippen LogP contribution in [0.5, 0.6) is 34.5 Å². The molecule has 0 radical (unpaired) electrons. The molecule has 0 saturated carbocycles. The van der Waals surface area contributed by atoms with Gasteiger partial charge in [0, 0.05) is 19.2 Å². The van der Waals surface area contributed by atoms with Crippen molar-refractivity contribution in [2.75, 3.05) is 6.54 Å². The van der Waals surface area contributed by atoms with Gasteiger partial charge in [-0.1, -0.05) is 22.4 Å². The number of oxime groups is 2. The van der Waals surface area contributed by atoms with Gasteiger partial charge in [-0.2, -0.15) is 8.42 Å². The molecule has 7 N–H and O–H groups in total. The summed E-state index contributed by atoms with van der Waals surface area (Å²) in [6.45, 7) is 0.0322. The molecule has 0 fully saturated rings. The van der Waals surface area contributed by atoms with E-state index in [1.54, 1.807) is 36.4 Å². The average molecular weight is 1030 g/mol. The number of halogens is 4. The molecule has 21 heteroatoms. The zero-order valence-corrected chi connectivity index (χ0v) is 34.7. The van der Waals surface area contributed by atoms with E-state index in [1.807, 2.05) is 0 Å². The minimum atomic E-state index is -5.08. The highest BCUT2D eigenvalue weighted by atomic mass is 79.9. The molecule has 0 spiro atoms. The summed E-state index contributed by atoms with van der Waals surface area (Å²) in [6, 6.07) is 14.8. The number of aromatic hydroxyl groups is 1. The van der Waals surface area contributed by atoms with Crippen LogP contribution in [0.1, 0.15) is 28.4 Å². The van der Waals surface area contributed by atoms with E-state index >= 15 is 0 Å². The van der Waals surface area contributed by atoms with Crippen molar-refractivity contribution in [1.82, 2.24) is 10.6 Å². The lowest BCUT2D eigenvalue weighted by molar-refractivity contribution is -0.115. The zero-order valence-electron chi connectivity index (χ0n) is 27.5. The summed E-state index contributed by atoms with van der Waals surface area (Å²) in [5, 5.41) is 52.2. The van der Waals surface area contributed by atoms with E-state index in [-0.39, 0.29) is 72.6 Å². The molecule has 4 aliphatic rings. The molecule has 0 saturated heterocycles. The van der Waals surface area contributed by atoms with Crippen LogP contribution in [-0.4, -0.2) is 63.4 Å². The summed E-state index contributed by atoms with van der Waals surface area (Å²) in [5.41, 5.74) is 0.559. The van der Waals surface area contributed by atoms with Gasteiger partial charge in [0.2, 0.25) is 5.75 Å². The van der Waals surface area contributed by atoms with Gasteiger partial charge in [-0.15, -0.1) is 0 Å². The molecule has 4 aliphatic heterocycles. The maximum absolute atomic E-state index is 13.0. The number of ether oxygens (including phenoxy) is 2. The van der Waals surface area contributed by atoms with Crippen LogP contribution in [0.4, 0.5) is 0 Å². The Morgan fingerprint density at radius 1 is 0.800 bits per heavy atom. The number of benzene rings is 4. The SMILES string of the molecule is O=C1NC=Cc2ccc(c(Br)c2)Oc2cc(ccc2O)CCNC(=O)C(=NO)C(O)c2cc(Br)c(c(Br)c2)Oc2cc(cc(Br)c2OS(=O)(=O)O)CC1=NO. The van der Waals surface area contributed by atoms with Crippen molar-refractivity contribution >= 4 is 103 Å². The fourth-order valence-electron chi connectivity index (χ4n) is 4.99. The van der Waals surface area contributed by atoms with Gasteiger partial charge in [-0.25, -0.2) is 0 Å². The molecule has 4 aromatic rings. The number of nitrogens with one attached hydrogen (secondary N) is 2. The predicted molar refractivity (Wildman–Crippen MR) is 212 cm³/mol. The number of nitrogens with zero attached hydrogens (tertiary/aromatic N) is 2. The van der Waals surface area contributed by atoms with Gasteiger partial charge in [0.05, 0.1) is 17.9 Å². The predicted octanol–water partition coefficient (Wildman–Crippen LogP) is 6.90. The number of carbonyl (C=O) groups is 2. The second-order valence-corrected chi connectivity index (χ2v) is 15.8. The third-order valence-corrected chi connectivity index (χ3v) is 10.3. The minimum absolute atomic E-state index is 0.0175. The van der Waals surface area contributed by atoms with Gasteiger partial charge in [0.25, 0.3) is 11.8 Å². The molecule has 1 unspecified atom stereocenters. The number of phenols is 1. The lowest BCUT2D eigenvalue weighted by Gasteiger charge is -2.18. The third-order valence-electron chi connectivity index (χ3n) is 7.55. The van der Waals surface area contributed by atoms with Crippen molar-refractivity contribution in [2.24, 2.45) is 10.3 Å². The molecule has 8 bridgehead atoms. The second kappa shape index (κ2) is 18.0. The van der Waals surface area contributed by atoms with E-state index < -0.39 is 39.8 Å². The van der Waals surface area contributed by atoms with Crippen LogP contribution in [0.3, 0.4) is 0 Å². The number of carbonyl (C=O) groups excluding carboxylic acids is 2. The van der Waals surface area contributed by atoms with Crippen LogP contribution in [0.2, 0.25) is 0 Å². The molecule has 288 valence electrons. The molecule has 1 atom stereocenters.